The summed E-state index contributed by atoms with van der Waals surface area (Å²) in [5, 5.41) is 9.41. The van der Waals surface area contributed by atoms with E-state index in [2.05, 4.69) is 76.4 Å². The molecule has 0 spiro atoms. The maximum absolute atomic E-state index is 9.41. The molecule has 4 rings (SSSR count). The lowest BCUT2D eigenvalue weighted by Gasteiger charge is -2.48. The van der Waals surface area contributed by atoms with Crippen LogP contribution in [0.1, 0.15) is 71.6 Å². The second-order valence-electron chi connectivity index (χ2n) is 12.2. The lowest BCUT2D eigenvalue weighted by molar-refractivity contribution is 0.223. The van der Waals surface area contributed by atoms with Crippen LogP contribution in [0.25, 0.3) is 10.9 Å². The zero-order valence-electron chi connectivity index (χ0n) is 21.5. The molecule has 0 saturated heterocycles. The van der Waals surface area contributed by atoms with Crippen molar-refractivity contribution in [3.05, 3.63) is 81.3 Å². The minimum Gasteiger partial charge on any atom is -0.461 e. The van der Waals surface area contributed by atoms with Crippen molar-refractivity contribution in [2.75, 3.05) is 18.0 Å². The van der Waals surface area contributed by atoms with Gasteiger partial charge in [-0.15, -0.1) is 0 Å². The Kier molecular flexibility index (Phi) is 5.77. The predicted octanol–water partition coefficient (Wildman–Crippen LogP) is 7.31. The Morgan fingerprint density at radius 2 is 1.91 bits per heavy atom. The number of anilines is 1. The highest BCUT2D eigenvalue weighted by Gasteiger charge is 2.39. The van der Waals surface area contributed by atoms with Crippen molar-refractivity contribution >= 4 is 11.8 Å². The monoisotopic (exact) mass is 453 g/mol. The molecule has 0 radical (unpaired) electrons. The van der Waals surface area contributed by atoms with E-state index in [0.29, 0.717) is 11.3 Å². The van der Waals surface area contributed by atoms with Gasteiger partial charge in [0.05, 0.1) is 12.6 Å². The Labute approximate surface area is 204 Å². The van der Waals surface area contributed by atoms with Crippen LogP contribution in [-0.4, -0.2) is 13.1 Å². The van der Waals surface area contributed by atoms with Crippen molar-refractivity contribution in [2.45, 2.75) is 66.7 Å². The number of benzene rings is 1. The van der Waals surface area contributed by atoms with Gasteiger partial charge in [-0.25, -0.2) is 10.1 Å². The Morgan fingerprint density at radius 3 is 2.56 bits per heavy atom. The molecule has 4 heteroatoms. The number of rotatable bonds is 2. The molecule has 1 aromatic rings. The summed E-state index contributed by atoms with van der Waals surface area (Å²) in [6.07, 6.45) is 9.90. The molecule has 0 N–H and O–H groups in total. The van der Waals surface area contributed by atoms with Crippen LogP contribution in [0.3, 0.4) is 0 Å². The van der Waals surface area contributed by atoms with E-state index in [1.54, 1.807) is 6.08 Å². The number of nitriles is 1. The third kappa shape index (κ3) is 4.55. The first-order valence-electron chi connectivity index (χ1n) is 12.1. The smallest absolute Gasteiger partial charge is 0.269 e. The van der Waals surface area contributed by atoms with Gasteiger partial charge in [-0.3, -0.25) is 0 Å². The van der Waals surface area contributed by atoms with Crippen LogP contribution in [0.15, 0.2) is 53.1 Å². The molecule has 0 atom stereocenters. The molecule has 0 saturated carbocycles. The van der Waals surface area contributed by atoms with Gasteiger partial charge in [0.25, 0.3) is 5.70 Å². The van der Waals surface area contributed by atoms with Crippen LogP contribution < -0.4 is 4.90 Å². The first-order valence-corrected chi connectivity index (χ1v) is 12.1. The summed E-state index contributed by atoms with van der Waals surface area (Å²) in [4.78, 5) is 6.00. The topological polar surface area (TPSA) is 40.6 Å². The van der Waals surface area contributed by atoms with Crippen LogP contribution in [0.2, 0.25) is 0 Å². The van der Waals surface area contributed by atoms with E-state index in [0.717, 1.165) is 37.3 Å². The molecular weight excluding hydrogens is 418 g/mol. The average Bonchev–Trinajstić information content (AvgIpc) is 2.74. The number of ether oxygens (including phenoxy) is 1. The number of hydrogen-bond acceptors (Lipinski definition) is 3. The number of nitrogens with zero attached hydrogens (tertiary/aromatic N) is 3. The molecule has 4 nitrogen and oxygen atoms in total. The van der Waals surface area contributed by atoms with Gasteiger partial charge >= 0.3 is 0 Å². The van der Waals surface area contributed by atoms with Gasteiger partial charge in [-0.2, -0.15) is 0 Å². The summed E-state index contributed by atoms with van der Waals surface area (Å²) >= 11 is 0. The van der Waals surface area contributed by atoms with E-state index < -0.39 is 0 Å². The first kappa shape index (κ1) is 23.9. The van der Waals surface area contributed by atoms with E-state index in [-0.39, 0.29) is 21.9 Å². The first-order chi connectivity index (χ1) is 15.8. The summed E-state index contributed by atoms with van der Waals surface area (Å²) in [6, 6.07) is 6.67. The molecule has 0 aliphatic carbocycles. The summed E-state index contributed by atoms with van der Waals surface area (Å²) in [5.74, 6) is 1.39. The quantitative estimate of drug-likeness (QED) is 0.348. The molecule has 3 aliphatic rings. The van der Waals surface area contributed by atoms with E-state index in [1.165, 1.54) is 16.8 Å². The molecule has 0 amide bonds. The zero-order chi connectivity index (χ0) is 24.9. The van der Waals surface area contributed by atoms with Gasteiger partial charge in [0.2, 0.25) is 0 Å². The van der Waals surface area contributed by atoms with Crippen LogP contribution in [0, 0.1) is 28.7 Å². The van der Waals surface area contributed by atoms with E-state index in [1.807, 2.05) is 18.2 Å². The highest BCUT2D eigenvalue weighted by molar-refractivity contribution is 5.71. The van der Waals surface area contributed by atoms with E-state index >= 15 is 0 Å². The Bertz CT molecular complexity index is 1220. The molecule has 176 valence electrons. The van der Waals surface area contributed by atoms with Crippen LogP contribution in [0.4, 0.5) is 5.69 Å². The lowest BCUT2D eigenvalue weighted by Crippen LogP contribution is -2.46. The van der Waals surface area contributed by atoms with E-state index in [9.17, 15) is 5.26 Å². The zero-order valence-corrected chi connectivity index (χ0v) is 21.5. The van der Waals surface area contributed by atoms with Crippen molar-refractivity contribution < 1.29 is 4.74 Å². The summed E-state index contributed by atoms with van der Waals surface area (Å²) in [7, 11) is 0. The fourth-order valence-electron chi connectivity index (χ4n) is 5.19. The minimum absolute atomic E-state index is 0.0817. The molecule has 0 bridgehead atoms. The van der Waals surface area contributed by atoms with Gasteiger partial charge in [-0.05, 0) is 76.3 Å². The molecule has 0 fully saturated rings. The van der Waals surface area contributed by atoms with E-state index in [4.69, 9.17) is 11.3 Å². The molecule has 3 heterocycles. The van der Waals surface area contributed by atoms with Crippen LogP contribution in [0.5, 0.6) is 0 Å². The molecule has 0 aromatic heterocycles. The fraction of sp³-hybridized carbons (Fsp3) is 0.467. The van der Waals surface area contributed by atoms with Crippen molar-refractivity contribution in [3.8, 4) is 6.07 Å². The van der Waals surface area contributed by atoms with Crippen LogP contribution in [-0.2, 0) is 16.6 Å². The highest BCUT2D eigenvalue weighted by atomic mass is 16.5. The Morgan fingerprint density at radius 1 is 1.18 bits per heavy atom. The molecule has 0 unspecified atom stereocenters. The fourth-order valence-corrected chi connectivity index (χ4v) is 5.19. The number of allylic oxidation sites excluding steroid dienone is 6. The third-order valence-electron chi connectivity index (χ3n) is 7.03. The van der Waals surface area contributed by atoms with Gasteiger partial charge < -0.3 is 9.64 Å². The predicted molar refractivity (Wildman–Crippen MR) is 139 cm³/mol. The van der Waals surface area contributed by atoms with Gasteiger partial charge in [0.15, 0.2) is 0 Å². The third-order valence-corrected chi connectivity index (χ3v) is 7.03. The second-order valence-corrected chi connectivity index (χ2v) is 12.2. The van der Waals surface area contributed by atoms with Crippen molar-refractivity contribution in [1.82, 2.24) is 0 Å². The average molecular weight is 454 g/mol. The summed E-state index contributed by atoms with van der Waals surface area (Å²) in [5.41, 5.74) is 6.30. The van der Waals surface area contributed by atoms with Crippen molar-refractivity contribution in [3.63, 3.8) is 0 Å². The van der Waals surface area contributed by atoms with Gasteiger partial charge in [0, 0.05) is 24.2 Å². The summed E-state index contributed by atoms with van der Waals surface area (Å²) in [6.45, 7) is 25.2. The SMILES string of the molecule is [C-]#[N+]/C(C#N)=C1C=C(/C=C/c2cc3c4c(c2)C(C)(C)CCN4CC(C)(C)C3)OC(C(C)(C)C)=C/1. The van der Waals surface area contributed by atoms with Crippen LogP contribution >= 0.6 is 0 Å². The number of hydrogen-bond donors (Lipinski definition) is 0. The maximum Gasteiger partial charge on any atom is 0.269 e. The largest absolute Gasteiger partial charge is 0.461 e. The Hall–Kier alpha value is -3.24. The van der Waals surface area contributed by atoms with Gasteiger partial charge in [0.1, 0.15) is 11.5 Å². The minimum atomic E-state index is -0.240. The lowest BCUT2D eigenvalue weighted by atomic mass is 9.71. The molecule has 34 heavy (non-hydrogen) atoms. The normalized spacial score (nSPS) is 22.1. The van der Waals surface area contributed by atoms with Crippen molar-refractivity contribution in [2.24, 2.45) is 10.8 Å². The second kappa shape index (κ2) is 8.21. The molecular formula is C30H35N3O. The summed E-state index contributed by atoms with van der Waals surface area (Å²) < 4.78 is 6.19. The highest BCUT2D eigenvalue weighted by Crippen LogP contribution is 2.47. The molecule has 3 aliphatic heterocycles. The Balaban J connectivity index is 1.76. The molecule has 1 aromatic carbocycles. The van der Waals surface area contributed by atoms with Crippen molar-refractivity contribution in [1.29, 1.82) is 5.26 Å². The maximum atomic E-state index is 9.41. The standard InChI is InChI=1S/C30H35N3O/c1-28(2,3)26-16-21(25(18-31)32-8)15-23(34-26)10-9-20-13-22-17-29(4,5)19-33-12-11-30(6,7)24(14-20)27(22)33/h9-10,13-16H,11-12,17,19H2,1-7H3/b10-9+,25-21-. The van der Waals surface area contributed by atoms with Gasteiger partial charge in [-0.1, -0.05) is 54.5 Å².